The Morgan fingerprint density at radius 3 is 2.70 bits per heavy atom. The van der Waals surface area contributed by atoms with Gasteiger partial charge in [-0.2, -0.15) is 5.10 Å². The van der Waals surface area contributed by atoms with E-state index in [0.29, 0.717) is 13.0 Å². The first-order valence-corrected chi connectivity index (χ1v) is 7.57. The Hall–Kier alpha value is -1.37. The number of carbonyl (C=O) groups excluding carboxylic acids is 2. The minimum Gasteiger partial charge on any atom is -0.343 e. The van der Waals surface area contributed by atoms with Crippen LogP contribution in [0, 0.1) is 6.92 Å². The lowest BCUT2D eigenvalue weighted by atomic mass is 10.1. The van der Waals surface area contributed by atoms with Crippen molar-refractivity contribution in [3.8, 4) is 0 Å². The summed E-state index contributed by atoms with van der Waals surface area (Å²) in [6.45, 7) is 7.05. The first-order chi connectivity index (χ1) is 9.47. The largest absolute Gasteiger partial charge is 0.343 e. The second-order valence-electron chi connectivity index (χ2n) is 4.88. The van der Waals surface area contributed by atoms with E-state index >= 15 is 0 Å². The van der Waals surface area contributed by atoms with E-state index in [1.165, 1.54) is 0 Å². The molecule has 1 saturated heterocycles. The highest BCUT2D eigenvalue weighted by atomic mass is 79.9. The van der Waals surface area contributed by atoms with Gasteiger partial charge in [0.15, 0.2) is 0 Å². The van der Waals surface area contributed by atoms with Gasteiger partial charge in [0, 0.05) is 6.54 Å². The predicted molar refractivity (Wildman–Crippen MR) is 78.0 cm³/mol. The van der Waals surface area contributed by atoms with Gasteiger partial charge in [0.25, 0.3) is 0 Å². The second kappa shape index (κ2) is 5.95. The van der Waals surface area contributed by atoms with E-state index in [-0.39, 0.29) is 18.4 Å². The fraction of sp³-hybridized carbons (Fsp3) is 0.615. The SMILES string of the molecule is CCC1NC(=O)CN(Cc2c(Br)c(C)nn2CC)C1=O. The number of piperazine rings is 1. The minimum absolute atomic E-state index is 0.0273. The molecule has 0 saturated carbocycles. The van der Waals surface area contributed by atoms with Crippen molar-refractivity contribution in [3.63, 3.8) is 0 Å². The summed E-state index contributed by atoms with van der Waals surface area (Å²) >= 11 is 3.51. The molecule has 1 aliphatic rings. The molecule has 7 heteroatoms. The predicted octanol–water partition coefficient (Wildman–Crippen LogP) is 1.21. The molecular formula is C13H19BrN4O2. The molecule has 110 valence electrons. The van der Waals surface area contributed by atoms with Crippen molar-refractivity contribution >= 4 is 27.7 Å². The summed E-state index contributed by atoms with van der Waals surface area (Å²) in [6, 6.07) is -0.408. The van der Waals surface area contributed by atoms with Crippen LogP contribution in [0.25, 0.3) is 0 Å². The van der Waals surface area contributed by atoms with Crippen LogP contribution in [-0.4, -0.2) is 39.1 Å². The lowest BCUT2D eigenvalue weighted by molar-refractivity contribution is -0.145. The molecule has 2 rings (SSSR count). The molecule has 0 bridgehead atoms. The van der Waals surface area contributed by atoms with E-state index in [2.05, 4.69) is 26.3 Å². The molecule has 1 aliphatic heterocycles. The Balaban J connectivity index is 2.24. The summed E-state index contributed by atoms with van der Waals surface area (Å²) in [5.41, 5.74) is 1.82. The van der Waals surface area contributed by atoms with Gasteiger partial charge >= 0.3 is 0 Å². The normalized spacial score (nSPS) is 19.4. The van der Waals surface area contributed by atoms with Crippen molar-refractivity contribution < 1.29 is 9.59 Å². The second-order valence-corrected chi connectivity index (χ2v) is 5.68. The monoisotopic (exact) mass is 342 g/mol. The molecule has 2 heterocycles. The fourth-order valence-corrected chi connectivity index (χ4v) is 2.79. The van der Waals surface area contributed by atoms with Gasteiger partial charge in [-0.3, -0.25) is 14.3 Å². The Morgan fingerprint density at radius 2 is 2.10 bits per heavy atom. The number of nitrogens with zero attached hydrogens (tertiary/aromatic N) is 3. The Kier molecular flexibility index (Phi) is 4.47. The molecule has 1 N–H and O–H groups in total. The van der Waals surface area contributed by atoms with Gasteiger partial charge in [-0.05, 0) is 36.2 Å². The third-order valence-corrected chi connectivity index (χ3v) is 4.51. The maximum atomic E-state index is 12.3. The van der Waals surface area contributed by atoms with Crippen LogP contribution in [0.2, 0.25) is 0 Å². The lowest BCUT2D eigenvalue weighted by Crippen LogP contribution is -2.57. The number of rotatable bonds is 4. The quantitative estimate of drug-likeness (QED) is 0.894. The molecule has 0 aromatic carbocycles. The van der Waals surface area contributed by atoms with Crippen molar-refractivity contribution in [3.05, 3.63) is 15.9 Å². The van der Waals surface area contributed by atoms with Crippen LogP contribution in [0.4, 0.5) is 0 Å². The van der Waals surface area contributed by atoms with E-state index in [1.54, 1.807) is 4.90 Å². The Morgan fingerprint density at radius 1 is 1.40 bits per heavy atom. The average molecular weight is 343 g/mol. The van der Waals surface area contributed by atoms with Crippen molar-refractivity contribution in [2.24, 2.45) is 0 Å². The number of hydrogen-bond donors (Lipinski definition) is 1. The molecule has 0 spiro atoms. The van der Waals surface area contributed by atoms with Crippen LogP contribution >= 0.6 is 15.9 Å². The zero-order valence-corrected chi connectivity index (χ0v) is 13.5. The smallest absolute Gasteiger partial charge is 0.245 e. The molecular weight excluding hydrogens is 324 g/mol. The zero-order chi connectivity index (χ0) is 14.9. The molecule has 1 atom stereocenters. The first kappa shape index (κ1) is 15.0. The van der Waals surface area contributed by atoms with Crippen molar-refractivity contribution in [2.45, 2.75) is 46.3 Å². The highest BCUT2D eigenvalue weighted by Gasteiger charge is 2.32. The third kappa shape index (κ3) is 2.72. The van der Waals surface area contributed by atoms with Gasteiger partial charge in [0.1, 0.15) is 12.6 Å². The summed E-state index contributed by atoms with van der Waals surface area (Å²) in [5, 5.41) is 7.12. The van der Waals surface area contributed by atoms with Gasteiger partial charge in [0.05, 0.1) is 22.4 Å². The van der Waals surface area contributed by atoms with E-state index in [1.807, 2.05) is 25.5 Å². The molecule has 1 fully saturated rings. The number of nitrogens with one attached hydrogen (secondary N) is 1. The summed E-state index contributed by atoms with van der Waals surface area (Å²) in [7, 11) is 0. The maximum absolute atomic E-state index is 12.3. The Bertz CT molecular complexity index is 541. The van der Waals surface area contributed by atoms with Crippen LogP contribution in [0.15, 0.2) is 4.47 Å². The van der Waals surface area contributed by atoms with E-state index in [9.17, 15) is 9.59 Å². The highest BCUT2D eigenvalue weighted by molar-refractivity contribution is 9.10. The summed E-state index contributed by atoms with van der Waals surface area (Å²) in [6.07, 6.45) is 0.605. The van der Waals surface area contributed by atoms with Crippen LogP contribution in [0.5, 0.6) is 0 Å². The van der Waals surface area contributed by atoms with E-state index in [4.69, 9.17) is 0 Å². The summed E-state index contributed by atoms with van der Waals surface area (Å²) in [5.74, 6) is -0.132. The van der Waals surface area contributed by atoms with Gasteiger partial charge in [0.2, 0.25) is 11.8 Å². The van der Waals surface area contributed by atoms with E-state index in [0.717, 1.165) is 22.4 Å². The van der Waals surface area contributed by atoms with Crippen molar-refractivity contribution in [2.75, 3.05) is 6.54 Å². The molecule has 20 heavy (non-hydrogen) atoms. The van der Waals surface area contributed by atoms with Crippen LogP contribution in [0.3, 0.4) is 0 Å². The third-order valence-electron chi connectivity index (χ3n) is 3.48. The van der Waals surface area contributed by atoms with Gasteiger partial charge in [-0.25, -0.2) is 0 Å². The van der Waals surface area contributed by atoms with E-state index < -0.39 is 6.04 Å². The highest BCUT2D eigenvalue weighted by Crippen LogP contribution is 2.23. The van der Waals surface area contributed by atoms with Crippen LogP contribution < -0.4 is 5.32 Å². The number of aromatic nitrogens is 2. The minimum atomic E-state index is -0.408. The zero-order valence-electron chi connectivity index (χ0n) is 11.9. The molecule has 1 aromatic heterocycles. The van der Waals surface area contributed by atoms with Gasteiger partial charge < -0.3 is 10.2 Å². The number of halogens is 1. The lowest BCUT2D eigenvalue weighted by Gasteiger charge is -2.32. The number of carbonyl (C=O) groups is 2. The summed E-state index contributed by atoms with van der Waals surface area (Å²) < 4.78 is 2.77. The molecule has 2 amide bonds. The number of aryl methyl sites for hydroxylation is 2. The molecule has 1 unspecified atom stereocenters. The van der Waals surface area contributed by atoms with Gasteiger partial charge in [-0.15, -0.1) is 0 Å². The molecule has 1 aromatic rings. The Labute approximate surface area is 126 Å². The van der Waals surface area contributed by atoms with Crippen molar-refractivity contribution in [1.29, 1.82) is 0 Å². The van der Waals surface area contributed by atoms with Crippen LogP contribution in [-0.2, 0) is 22.7 Å². The summed E-state index contributed by atoms with van der Waals surface area (Å²) in [4.78, 5) is 25.6. The molecule has 0 aliphatic carbocycles. The number of hydrogen-bond acceptors (Lipinski definition) is 3. The first-order valence-electron chi connectivity index (χ1n) is 6.77. The van der Waals surface area contributed by atoms with Crippen LogP contribution in [0.1, 0.15) is 31.7 Å². The molecule has 0 radical (unpaired) electrons. The van der Waals surface area contributed by atoms with Gasteiger partial charge in [-0.1, -0.05) is 6.92 Å². The fourth-order valence-electron chi connectivity index (χ4n) is 2.38. The topological polar surface area (TPSA) is 67.2 Å². The average Bonchev–Trinajstić information content (AvgIpc) is 2.70. The standard InChI is InChI=1S/C13H19BrN4O2/c1-4-9-13(20)17(7-11(19)15-9)6-10-12(14)8(3)16-18(10)5-2/h9H,4-7H2,1-3H3,(H,15,19). The number of amides is 2. The molecule has 6 nitrogen and oxygen atoms in total. The maximum Gasteiger partial charge on any atom is 0.245 e. The van der Waals surface area contributed by atoms with Crippen molar-refractivity contribution in [1.82, 2.24) is 20.0 Å².